The molecule has 0 aliphatic carbocycles. The van der Waals surface area contributed by atoms with Crippen LogP contribution >= 0.6 is 15.9 Å². The molecule has 8 heteroatoms. The number of carbonyl (C=O) groups is 2. The third kappa shape index (κ3) is 4.36. The van der Waals surface area contributed by atoms with Crippen molar-refractivity contribution < 1.29 is 24.2 Å². The summed E-state index contributed by atoms with van der Waals surface area (Å²) in [6.07, 6.45) is 1.20. The zero-order valence-electron chi connectivity index (χ0n) is 13.4. The van der Waals surface area contributed by atoms with Crippen molar-refractivity contribution in [1.82, 2.24) is 5.43 Å². The van der Waals surface area contributed by atoms with E-state index in [4.69, 9.17) is 9.47 Å². The van der Waals surface area contributed by atoms with Crippen molar-refractivity contribution in [2.24, 2.45) is 5.10 Å². The molecule has 0 radical (unpaired) electrons. The van der Waals surface area contributed by atoms with Crippen molar-refractivity contribution in [3.8, 4) is 11.5 Å². The van der Waals surface area contributed by atoms with E-state index >= 15 is 0 Å². The highest BCUT2D eigenvalue weighted by Crippen LogP contribution is 2.32. The molecule has 1 amide bonds. The highest BCUT2D eigenvalue weighted by molar-refractivity contribution is 9.10. The SMILES string of the molecule is COc1ccc(C=NNC(=O)c2ccc(Br)cc2)c(C(=O)[O-])c1OC. The lowest BCUT2D eigenvalue weighted by Crippen LogP contribution is -2.25. The Bertz CT molecular complexity index is 819. The number of nitrogens with one attached hydrogen (secondary N) is 1. The maximum atomic E-state index is 12.0. The molecule has 25 heavy (non-hydrogen) atoms. The number of hydrazone groups is 1. The molecule has 0 aliphatic rings. The Morgan fingerprint density at radius 1 is 1.12 bits per heavy atom. The number of amides is 1. The summed E-state index contributed by atoms with van der Waals surface area (Å²) < 4.78 is 11.0. The van der Waals surface area contributed by atoms with Gasteiger partial charge in [-0.3, -0.25) is 4.79 Å². The second-order valence-electron chi connectivity index (χ2n) is 4.76. The van der Waals surface area contributed by atoms with Gasteiger partial charge >= 0.3 is 0 Å². The fourth-order valence-corrected chi connectivity index (χ4v) is 2.35. The summed E-state index contributed by atoms with van der Waals surface area (Å²) >= 11 is 3.28. The number of rotatable bonds is 6. The molecule has 0 unspecified atom stereocenters. The van der Waals surface area contributed by atoms with Gasteiger partial charge in [0, 0.05) is 15.6 Å². The number of halogens is 1. The van der Waals surface area contributed by atoms with Crippen LogP contribution in [0.1, 0.15) is 26.3 Å². The topological polar surface area (TPSA) is 100 Å². The number of aromatic carboxylic acids is 1. The van der Waals surface area contributed by atoms with Crippen LogP contribution in [0.4, 0.5) is 0 Å². The van der Waals surface area contributed by atoms with Crippen molar-refractivity contribution >= 4 is 34.0 Å². The van der Waals surface area contributed by atoms with Crippen molar-refractivity contribution in [3.05, 3.63) is 57.6 Å². The fraction of sp³-hybridized carbons (Fsp3) is 0.118. The standard InChI is InChI=1S/C17H15BrN2O5/c1-24-13-8-5-11(14(17(22)23)15(13)25-2)9-19-20-16(21)10-3-6-12(18)7-4-10/h3-9H,1-2H3,(H,20,21)(H,22,23)/p-1. The van der Waals surface area contributed by atoms with Crippen molar-refractivity contribution in [3.63, 3.8) is 0 Å². The average Bonchev–Trinajstić information content (AvgIpc) is 2.61. The van der Waals surface area contributed by atoms with E-state index in [9.17, 15) is 14.7 Å². The summed E-state index contributed by atoms with van der Waals surface area (Å²) in [4.78, 5) is 23.4. The number of carbonyl (C=O) groups excluding carboxylic acids is 2. The molecule has 0 bridgehead atoms. The quantitative estimate of drug-likeness (QED) is 0.580. The first kappa shape index (κ1) is 18.5. The molecule has 0 saturated carbocycles. The van der Waals surface area contributed by atoms with Crippen molar-refractivity contribution in [2.45, 2.75) is 0 Å². The van der Waals surface area contributed by atoms with Crippen LogP contribution in [0.25, 0.3) is 0 Å². The predicted octanol–water partition coefficient (Wildman–Crippen LogP) is 1.59. The Morgan fingerprint density at radius 2 is 1.80 bits per heavy atom. The molecule has 2 aromatic carbocycles. The van der Waals surface area contributed by atoms with Crippen LogP contribution in [0.15, 0.2) is 46.0 Å². The molecule has 0 aliphatic heterocycles. The van der Waals surface area contributed by atoms with E-state index in [1.807, 2.05) is 0 Å². The first-order chi connectivity index (χ1) is 12.0. The second-order valence-corrected chi connectivity index (χ2v) is 5.67. The molecule has 1 N–H and O–H groups in total. The monoisotopic (exact) mass is 405 g/mol. The van der Waals surface area contributed by atoms with E-state index in [2.05, 4.69) is 26.5 Å². The molecule has 0 heterocycles. The minimum absolute atomic E-state index is 0.0192. The summed E-state index contributed by atoms with van der Waals surface area (Å²) in [6, 6.07) is 9.70. The largest absolute Gasteiger partial charge is 0.545 e. The van der Waals surface area contributed by atoms with Gasteiger partial charge in [-0.05, 0) is 36.4 Å². The molecule has 2 aromatic rings. The van der Waals surface area contributed by atoms with Gasteiger partial charge in [0.2, 0.25) is 0 Å². The molecule has 0 fully saturated rings. The number of methoxy groups -OCH3 is 2. The first-order valence-electron chi connectivity index (χ1n) is 7.03. The van der Waals surface area contributed by atoms with Crippen molar-refractivity contribution in [1.29, 1.82) is 0 Å². The normalized spacial score (nSPS) is 10.5. The van der Waals surface area contributed by atoms with E-state index in [-0.39, 0.29) is 22.6 Å². The van der Waals surface area contributed by atoms with Crippen LogP contribution < -0.4 is 20.0 Å². The third-order valence-corrected chi connectivity index (χ3v) is 3.79. The number of hydrogen-bond donors (Lipinski definition) is 1. The Kier molecular flexibility index (Phi) is 6.13. The van der Waals surface area contributed by atoms with Gasteiger partial charge in [0.25, 0.3) is 5.91 Å². The minimum atomic E-state index is -1.45. The molecule has 130 valence electrons. The maximum absolute atomic E-state index is 12.0. The first-order valence-corrected chi connectivity index (χ1v) is 7.82. The zero-order valence-corrected chi connectivity index (χ0v) is 15.0. The summed E-state index contributed by atoms with van der Waals surface area (Å²) in [5.74, 6) is -1.61. The molecule has 0 spiro atoms. The van der Waals surface area contributed by atoms with E-state index in [1.54, 1.807) is 24.3 Å². The second kappa shape index (κ2) is 8.29. The lowest BCUT2D eigenvalue weighted by molar-refractivity contribution is -0.255. The lowest BCUT2D eigenvalue weighted by atomic mass is 10.1. The summed E-state index contributed by atoms with van der Waals surface area (Å²) in [7, 11) is 2.71. The Labute approximate surface area is 152 Å². The summed E-state index contributed by atoms with van der Waals surface area (Å²) in [6.45, 7) is 0. The Balaban J connectivity index is 2.24. The van der Waals surface area contributed by atoms with Crippen LogP contribution in [-0.2, 0) is 0 Å². The Hall–Kier alpha value is -2.87. The number of ether oxygens (including phenoxy) is 2. The Morgan fingerprint density at radius 3 is 2.36 bits per heavy atom. The lowest BCUT2D eigenvalue weighted by Gasteiger charge is -2.15. The molecule has 0 atom stereocenters. The van der Waals surface area contributed by atoms with Crippen LogP contribution in [0.2, 0.25) is 0 Å². The van der Waals surface area contributed by atoms with Crippen molar-refractivity contribution in [2.75, 3.05) is 14.2 Å². The van der Waals surface area contributed by atoms with E-state index < -0.39 is 11.9 Å². The molecule has 2 rings (SSSR count). The smallest absolute Gasteiger partial charge is 0.271 e. The van der Waals surface area contributed by atoms with Gasteiger partial charge in [-0.1, -0.05) is 15.9 Å². The number of carboxylic acids is 1. The molecule has 7 nitrogen and oxygen atoms in total. The molecular weight excluding hydrogens is 392 g/mol. The van der Waals surface area contributed by atoms with E-state index in [0.717, 1.165) is 4.47 Å². The number of benzene rings is 2. The average molecular weight is 406 g/mol. The van der Waals surface area contributed by atoms with Gasteiger partial charge in [-0.15, -0.1) is 0 Å². The van der Waals surface area contributed by atoms with Crippen LogP contribution in [0.5, 0.6) is 11.5 Å². The van der Waals surface area contributed by atoms with E-state index in [0.29, 0.717) is 5.56 Å². The van der Waals surface area contributed by atoms with Gasteiger partial charge < -0.3 is 19.4 Å². The van der Waals surface area contributed by atoms with Crippen LogP contribution in [0.3, 0.4) is 0 Å². The maximum Gasteiger partial charge on any atom is 0.271 e. The van der Waals surface area contributed by atoms with Gasteiger partial charge in [-0.2, -0.15) is 5.10 Å². The van der Waals surface area contributed by atoms with Gasteiger partial charge in [0.1, 0.15) is 0 Å². The highest BCUT2D eigenvalue weighted by atomic mass is 79.9. The minimum Gasteiger partial charge on any atom is -0.545 e. The van der Waals surface area contributed by atoms with Gasteiger partial charge in [0.05, 0.1) is 32.0 Å². The van der Waals surface area contributed by atoms with Crippen LogP contribution in [-0.4, -0.2) is 32.3 Å². The predicted molar refractivity (Wildman–Crippen MR) is 93.1 cm³/mol. The highest BCUT2D eigenvalue weighted by Gasteiger charge is 2.15. The number of nitrogens with zero attached hydrogens (tertiary/aromatic N) is 1. The van der Waals surface area contributed by atoms with E-state index in [1.165, 1.54) is 32.6 Å². The fourth-order valence-electron chi connectivity index (χ4n) is 2.09. The van der Waals surface area contributed by atoms with Gasteiger partial charge in [0.15, 0.2) is 11.5 Å². The third-order valence-electron chi connectivity index (χ3n) is 3.26. The molecular formula is C17H14BrN2O5-. The summed E-state index contributed by atoms with van der Waals surface area (Å²) in [5.41, 5.74) is 2.72. The number of hydrogen-bond acceptors (Lipinski definition) is 6. The van der Waals surface area contributed by atoms with Crippen LogP contribution in [0, 0.1) is 0 Å². The zero-order chi connectivity index (χ0) is 18.4. The van der Waals surface area contributed by atoms with Gasteiger partial charge in [-0.25, -0.2) is 5.43 Å². The summed E-state index contributed by atoms with van der Waals surface area (Å²) in [5, 5.41) is 15.2. The molecule has 0 aromatic heterocycles. The number of carboxylic acid groups (broad SMARTS) is 1. The molecule has 0 saturated heterocycles.